The lowest BCUT2D eigenvalue weighted by molar-refractivity contribution is 0.0502. The van der Waals surface area contributed by atoms with Crippen LogP contribution < -0.4 is 9.47 Å². The van der Waals surface area contributed by atoms with E-state index < -0.39 is 32.0 Å². The highest BCUT2D eigenvalue weighted by Crippen LogP contribution is 2.31. The van der Waals surface area contributed by atoms with Crippen LogP contribution in [0.5, 0.6) is 11.8 Å². The summed E-state index contributed by atoms with van der Waals surface area (Å²) >= 11 is 0. The Morgan fingerprint density at radius 2 is 1.62 bits per heavy atom. The molecule has 4 heterocycles. The highest BCUT2D eigenvalue weighted by atomic mass is 19.3. The van der Waals surface area contributed by atoms with Gasteiger partial charge in [0.15, 0.2) is 19.5 Å². The summed E-state index contributed by atoms with van der Waals surface area (Å²) in [5.41, 5.74) is 4.79. The number of aromatic nitrogens is 4. The quantitative estimate of drug-likeness (QED) is 0.113. The van der Waals surface area contributed by atoms with E-state index in [4.69, 9.17) is 9.47 Å². The van der Waals surface area contributed by atoms with E-state index in [1.807, 2.05) is 44.4 Å². The maximum absolute atomic E-state index is 12.8. The largest absolute Gasteiger partial charge is 0.471 e. The summed E-state index contributed by atoms with van der Waals surface area (Å²) in [7, 11) is 1.88. The maximum atomic E-state index is 12.8. The van der Waals surface area contributed by atoms with E-state index in [0.29, 0.717) is 19.4 Å². The van der Waals surface area contributed by atoms with Crippen molar-refractivity contribution in [2.45, 2.75) is 39.8 Å². The van der Waals surface area contributed by atoms with Crippen LogP contribution in [0.15, 0.2) is 55.0 Å². The average Bonchev–Trinajstić information content (AvgIpc) is 3.56. The zero-order chi connectivity index (χ0) is 34.1. The lowest BCUT2D eigenvalue weighted by Gasteiger charge is -2.16. The van der Waals surface area contributed by atoms with Gasteiger partial charge in [-0.15, -0.1) is 0 Å². The molecule has 248 valence electrons. The Hall–Kier alpha value is -5.34. The van der Waals surface area contributed by atoms with E-state index in [0.717, 1.165) is 27.9 Å². The number of benzene rings is 1. The van der Waals surface area contributed by atoms with Crippen molar-refractivity contribution in [2.75, 3.05) is 19.8 Å². The summed E-state index contributed by atoms with van der Waals surface area (Å²) in [6, 6.07) is 11.0. The maximum Gasteiger partial charge on any atom is 0.344 e. The van der Waals surface area contributed by atoms with Crippen molar-refractivity contribution in [3.8, 4) is 22.9 Å². The van der Waals surface area contributed by atoms with Crippen LogP contribution in [0.4, 0.5) is 17.6 Å². The number of fused-ring (bicyclic) bond motifs is 1. The van der Waals surface area contributed by atoms with Crippen molar-refractivity contribution in [1.29, 1.82) is 0 Å². The Balaban J connectivity index is 0.000000240. The van der Waals surface area contributed by atoms with Crippen molar-refractivity contribution in [3.63, 3.8) is 0 Å². The van der Waals surface area contributed by atoms with Gasteiger partial charge in [0, 0.05) is 49.9 Å². The number of ether oxygens (including phenoxy) is 3. The van der Waals surface area contributed by atoms with Gasteiger partial charge in [-0.1, -0.05) is 24.3 Å². The number of amides is 1. The third-order valence-corrected chi connectivity index (χ3v) is 6.76. The predicted molar refractivity (Wildman–Crippen MR) is 160 cm³/mol. The predicted octanol–water partition coefficient (Wildman–Crippen LogP) is 5.31. The van der Waals surface area contributed by atoms with Gasteiger partial charge in [-0.05, 0) is 42.7 Å². The minimum Gasteiger partial charge on any atom is -0.471 e. The van der Waals surface area contributed by atoms with E-state index >= 15 is 0 Å². The SMILES string of the molecule is CCOC(=O)c1c(C=O)ccnc1OCC(F)F.Cc1nn(C)cc1-c1ccc(CN2Cc3ccnc(OCC(F)F)c3C2=O)cc1. The Bertz CT molecular complexity index is 1710. The number of hydrogen-bond acceptors (Lipinski definition) is 9. The lowest BCUT2D eigenvalue weighted by Crippen LogP contribution is -2.23. The number of aryl methyl sites for hydroxylation is 2. The molecule has 0 spiro atoms. The summed E-state index contributed by atoms with van der Waals surface area (Å²) in [5.74, 6) is -1.46. The molecule has 47 heavy (non-hydrogen) atoms. The number of aldehydes is 1. The van der Waals surface area contributed by atoms with E-state index in [1.54, 1.807) is 22.6 Å². The summed E-state index contributed by atoms with van der Waals surface area (Å²) in [6.45, 7) is 2.73. The van der Waals surface area contributed by atoms with Crippen LogP contribution in [0.25, 0.3) is 11.1 Å². The topological polar surface area (TPSA) is 126 Å². The van der Waals surface area contributed by atoms with Gasteiger partial charge >= 0.3 is 5.97 Å². The van der Waals surface area contributed by atoms with E-state index in [9.17, 15) is 31.9 Å². The minimum atomic E-state index is -2.71. The third kappa shape index (κ3) is 8.68. The molecule has 0 saturated carbocycles. The molecule has 0 saturated heterocycles. The van der Waals surface area contributed by atoms with Crippen molar-refractivity contribution >= 4 is 18.2 Å². The molecule has 0 atom stereocenters. The molecule has 1 aromatic carbocycles. The first-order chi connectivity index (χ1) is 22.5. The second-order valence-electron chi connectivity index (χ2n) is 10.1. The number of nitrogens with zero attached hydrogens (tertiary/aromatic N) is 5. The molecule has 0 fully saturated rings. The number of pyridine rings is 2. The number of carbonyl (C=O) groups excluding carboxylic acids is 3. The van der Waals surface area contributed by atoms with Gasteiger partial charge in [0.2, 0.25) is 11.8 Å². The molecule has 1 aliphatic rings. The monoisotopic (exact) mass is 657 g/mol. The Morgan fingerprint density at radius 1 is 0.979 bits per heavy atom. The summed E-state index contributed by atoms with van der Waals surface area (Å²) < 4.78 is 65.2. The number of esters is 1. The molecule has 11 nitrogen and oxygen atoms in total. The van der Waals surface area contributed by atoms with Crippen LogP contribution in [0.1, 0.15) is 54.8 Å². The highest BCUT2D eigenvalue weighted by Gasteiger charge is 2.32. The number of alkyl halides is 4. The van der Waals surface area contributed by atoms with Crippen LogP contribution in [0.2, 0.25) is 0 Å². The summed E-state index contributed by atoms with van der Waals surface area (Å²) in [5, 5.41) is 4.36. The van der Waals surface area contributed by atoms with Gasteiger partial charge < -0.3 is 19.1 Å². The number of hydrogen-bond donors (Lipinski definition) is 0. The van der Waals surface area contributed by atoms with E-state index in [1.165, 1.54) is 18.5 Å². The molecule has 0 aliphatic carbocycles. The molecule has 0 N–H and O–H groups in total. The van der Waals surface area contributed by atoms with Crippen molar-refractivity contribution < 1.29 is 46.2 Å². The van der Waals surface area contributed by atoms with Gasteiger partial charge in [0.25, 0.3) is 18.8 Å². The second-order valence-corrected chi connectivity index (χ2v) is 10.1. The van der Waals surface area contributed by atoms with Crippen molar-refractivity contribution in [3.05, 3.63) is 88.5 Å². The molecule has 1 aliphatic heterocycles. The third-order valence-electron chi connectivity index (χ3n) is 6.76. The molecule has 5 rings (SSSR count). The Morgan fingerprint density at radius 3 is 2.21 bits per heavy atom. The standard InChI is InChI=1S/C21H20F2N4O2.C11H11F2NO4/c1-13-17(11-26(2)25-13)15-5-3-14(4-6-15)9-27-10-16-7-8-24-20(19(16)21(27)28)29-12-18(22)23;1-2-17-11(16)9-7(5-15)3-4-14-10(9)18-6-8(12)13/h3-8,11,18H,9-10,12H2,1-2H3;3-5,8H,2,6H2,1H3. The van der Waals surface area contributed by atoms with Gasteiger partial charge in [-0.3, -0.25) is 14.3 Å². The van der Waals surface area contributed by atoms with Crippen LogP contribution in [-0.4, -0.2) is 75.5 Å². The van der Waals surface area contributed by atoms with E-state index in [-0.39, 0.29) is 41.0 Å². The molecule has 4 aromatic rings. The highest BCUT2D eigenvalue weighted by molar-refractivity contribution is 6.01. The molecule has 0 radical (unpaired) electrons. The average molecular weight is 658 g/mol. The fraction of sp³-hybridized carbons (Fsp3) is 0.312. The fourth-order valence-corrected chi connectivity index (χ4v) is 4.76. The molecule has 0 bridgehead atoms. The normalized spacial score (nSPS) is 12.1. The minimum absolute atomic E-state index is 0.0206. The summed E-state index contributed by atoms with van der Waals surface area (Å²) in [4.78, 5) is 44.5. The number of rotatable bonds is 12. The molecule has 1 amide bonds. The molecule has 0 unspecified atom stereocenters. The van der Waals surface area contributed by atoms with Crippen molar-refractivity contribution in [2.24, 2.45) is 7.05 Å². The van der Waals surface area contributed by atoms with Gasteiger partial charge in [0.1, 0.15) is 11.1 Å². The lowest BCUT2D eigenvalue weighted by atomic mass is 10.0. The van der Waals surface area contributed by atoms with Gasteiger partial charge in [-0.2, -0.15) is 5.10 Å². The van der Waals surface area contributed by atoms with Crippen LogP contribution in [-0.2, 0) is 24.9 Å². The van der Waals surface area contributed by atoms with Crippen molar-refractivity contribution in [1.82, 2.24) is 24.6 Å². The van der Waals surface area contributed by atoms with Crippen LogP contribution >= 0.6 is 0 Å². The molecular formula is C32H31F4N5O6. The van der Waals surface area contributed by atoms with Gasteiger partial charge in [0.05, 0.1) is 12.3 Å². The van der Waals surface area contributed by atoms with E-state index in [2.05, 4.69) is 19.8 Å². The van der Waals surface area contributed by atoms with Crippen LogP contribution in [0, 0.1) is 6.92 Å². The van der Waals surface area contributed by atoms with Crippen LogP contribution in [0.3, 0.4) is 0 Å². The molecule has 15 heteroatoms. The number of carbonyl (C=O) groups is 3. The fourth-order valence-electron chi connectivity index (χ4n) is 4.76. The molecule has 3 aromatic heterocycles. The molecular weight excluding hydrogens is 626 g/mol. The van der Waals surface area contributed by atoms with Gasteiger partial charge in [-0.25, -0.2) is 32.3 Å². The smallest absolute Gasteiger partial charge is 0.344 e. The Kier molecular flexibility index (Phi) is 11.6. The second kappa shape index (κ2) is 15.8. The first-order valence-electron chi connectivity index (χ1n) is 14.3. The Labute approximate surface area is 267 Å². The number of halogens is 4. The first kappa shape index (κ1) is 34.5. The first-order valence-corrected chi connectivity index (χ1v) is 14.3. The summed E-state index contributed by atoms with van der Waals surface area (Å²) in [6.07, 6.45) is -0.291. The zero-order valence-corrected chi connectivity index (χ0v) is 25.7. The zero-order valence-electron chi connectivity index (χ0n) is 25.7.